The number of rotatable bonds is 6. The Morgan fingerprint density at radius 3 is 2.59 bits per heavy atom. The van der Waals surface area contributed by atoms with E-state index in [1.807, 2.05) is 39.0 Å². The molecule has 0 atom stereocenters. The Kier molecular flexibility index (Phi) is 8.23. The highest BCUT2D eigenvalue weighted by Gasteiger charge is 2.07. The van der Waals surface area contributed by atoms with Crippen molar-refractivity contribution in [3.63, 3.8) is 0 Å². The second-order valence-electron chi connectivity index (χ2n) is 5.79. The second kappa shape index (κ2) is 10.4. The summed E-state index contributed by atoms with van der Waals surface area (Å²) in [5.41, 5.74) is 3.04. The minimum Gasteiger partial charge on any atom is -0.444 e. The van der Waals surface area contributed by atoms with Crippen molar-refractivity contribution < 1.29 is 4.42 Å². The van der Waals surface area contributed by atoms with E-state index in [2.05, 4.69) is 43.1 Å². The largest absolute Gasteiger partial charge is 0.444 e. The van der Waals surface area contributed by atoms with Crippen molar-refractivity contribution in [1.82, 2.24) is 20.6 Å². The second-order valence-corrected chi connectivity index (χ2v) is 6.73. The molecule has 144 valence electrons. The molecule has 0 radical (unpaired) electrons. The van der Waals surface area contributed by atoms with Crippen molar-refractivity contribution in [2.24, 2.45) is 4.99 Å². The summed E-state index contributed by atoms with van der Waals surface area (Å²) in [6.45, 7) is 7.67. The maximum atomic E-state index is 5.57. The first-order valence-electron chi connectivity index (χ1n) is 8.60. The lowest BCUT2D eigenvalue weighted by Crippen LogP contribution is -2.36. The highest BCUT2D eigenvalue weighted by Crippen LogP contribution is 2.21. The van der Waals surface area contributed by atoms with Crippen LogP contribution in [-0.4, -0.2) is 22.5 Å². The van der Waals surface area contributed by atoms with Gasteiger partial charge in [0, 0.05) is 17.5 Å². The smallest absolute Gasteiger partial charge is 0.216 e. The third-order valence-corrected chi connectivity index (χ3v) is 4.67. The summed E-state index contributed by atoms with van der Waals surface area (Å²) < 4.78 is 5.57. The van der Waals surface area contributed by atoms with E-state index in [9.17, 15) is 0 Å². The molecule has 3 aromatic rings. The Hall–Kier alpha value is -1.94. The van der Waals surface area contributed by atoms with Crippen LogP contribution in [-0.2, 0) is 13.1 Å². The number of benzene rings is 1. The lowest BCUT2D eigenvalue weighted by molar-refractivity contribution is 0.473. The van der Waals surface area contributed by atoms with Crippen LogP contribution in [0, 0.1) is 13.8 Å². The molecule has 0 aliphatic carbocycles. The molecule has 0 bridgehead atoms. The molecule has 0 saturated carbocycles. The number of hydrogen-bond acceptors (Lipinski definition) is 5. The average Bonchev–Trinajstić information content (AvgIpc) is 3.25. The van der Waals surface area contributed by atoms with Crippen molar-refractivity contribution in [3.8, 4) is 11.3 Å². The van der Waals surface area contributed by atoms with Crippen molar-refractivity contribution >= 4 is 41.3 Å². The number of oxazole rings is 1. The van der Waals surface area contributed by atoms with Crippen LogP contribution in [0.4, 0.5) is 0 Å². The van der Waals surface area contributed by atoms with E-state index >= 15 is 0 Å². The summed E-state index contributed by atoms with van der Waals surface area (Å²) in [6.07, 6.45) is 0. The molecule has 1 aromatic carbocycles. The van der Waals surface area contributed by atoms with E-state index in [1.165, 1.54) is 0 Å². The Morgan fingerprint density at radius 1 is 1.15 bits per heavy atom. The average molecular weight is 497 g/mol. The molecule has 27 heavy (non-hydrogen) atoms. The molecular weight excluding hydrogens is 473 g/mol. The first-order chi connectivity index (χ1) is 12.7. The van der Waals surface area contributed by atoms with Gasteiger partial charge in [0.05, 0.1) is 17.9 Å². The van der Waals surface area contributed by atoms with Gasteiger partial charge in [0.2, 0.25) is 5.89 Å². The summed E-state index contributed by atoms with van der Waals surface area (Å²) in [7, 11) is 0. The summed E-state index contributed by atoms with van der Waals surface area (Å²) in [5, 5.41) is 9.63. The molecule has 2 aromatic heterocycles. The topological polar surface area (TPSA) is 75.3 Å². The van der Waals surface area contributed by atoms with Gasteiger partial charge in [-0.1, -0.05) is 30.3 Å². The molecule has 0 spiro atoms. The van der Waals surface area contributed by atoms with E-state index in [-0.39, 0.29) is 24.0 Å². The van der Waals surface area contributed by atoms with Gasteiger partial charge < -0.3 is 15.1 Å². The van der Waals surface area contributed by atoms with Gasteiger partial charge in [-0.3, -0.25) is 0 Å². The summed E-state index contributed by atoms with van der Waals surface area (Å²) in [6, 6.07) is 10.2. The highest BCUT2D eigenvalue weighted by molar-refractivity contribution is 14.0. The standard InChI is InChI=1S/C19H23N5OS.HI/c1-4-20-19(21-10-17-23-13(2)14(3)25-17)22-11-18-24-16(12-26-18)15-8-6-5-7-9-15;/h5-9,12H,4,10-11H2,1-3H3,(H2,20,21,22);1H. The van der Waals surface area contributed by atoms with Gasteiger partial charge in [0.1, 0.15) is 17.3 Å². The van der Waals surface area contributed by atoms with Crippen LogP contribution in [0.3, 0.4) is 0 Å². The number of halogens is 1. The number of hydrogen-bond donors (Lipinski definition) is 2. The first-order valence-corrected chi connectivity index (χ1v) is 9.48. The number of aryl methyl sites for hydroxylation is 2. The lowest BCUT2D eigenvalue weighted by atomic mass is 10.2. The van der Waals surface area contributed by atoms with Crippen molar-refractivity contribution in [3.05, 3.63) is 58.1 Å². The zero-order chi connectivity index (χ0) is 18.4. The van der Waals surface area contributed by atoms with Crippen molar-refractivity contribution in [2.75, 3.05) is 6.54 Å². The van der Waals surface area contributed by atoms with Crippen LogP contribution < -0.4 is 10.6 Å². The Labute approximate surface area is 180 Å². The Morgan fingerprint density at radius 2 is 1.93 bits per heavy atom. The van der Waals surface area contributed by atoms with Crippen LogP contribution in [0.1, 0.15) is 29.3 Å². The first kappa shape index (κ1) is 21.4. The SMILES string of the molecule is CCNC(=NCc1nc(C)c(C)o1)NCc1nc(-c2ccccc2)cs1.I. The van der Waals surface area contributed by atoms with E-state index in [0.717, 1.165) is 40.2 Å². The molecular formula is C19H24IN5OS. The Balaban J connectivity index is 0.00000261. The number of nitrogens with one attached hydrogen (secondary N) is 2. The van der Waals surface area contributed by atoms with Gasteiger partial charge in [0.15, 0.2) is 5.96 Å². The fourth-order valence-corrected chi connectivity index (χ4v) is 3.13. The Bertz CT molecular complexity index is 856. The van der Waals surface area contributed by atoms with Crippen LogP contribution in [0.2, 0.25) is 0 Å². The number of aliphatic imine (C=N–C) groups is 1. The lowest BCUT2D eigenvalue weighted by Gasteiger charge is -2.09. The van der Waals surface area contributed by atoms with Gasteiger partial charge in [-0.25, -0.2) is 15.0 Å². The van der Waals surface area contributed by atoms with Crippen LogP contribution >= 0.6 is 35.3 Å². The molecule has 0 fully saturated rings. The normalized spacial score (nSPS) is 11.1. The summed E-state index contributed by atoms with van der Waals surface area (Å²) in [5.74, 6) is 2.18. The molecule has 0 unspecified atom stereocenters. The third-order valence-electron chi connectivity index (χ3n) is 3.82. The molecule has 3 rings (SSSR count). The van der Waals surface area contributed by atoms with Gasteiger partial charge >= 0.3 is 0 Å². The minimum atomic E-state index is 0. The zero-order valence-corrected chi connectivity index (χ0v) is 18.8. The molecule has 2 N–H and O–H groups in total. The molecule has 0 aliphatic rings. The molecule has 2 heterocycles. The van der Waals surface area contributed by atoms with E-state index < -0.39 is 0 Å². The van der Waals surface area contributed by atoms with Gasteiger partial charge in [-0.2, -0.15) is 0 Å². The maximum absolute atomic E-state index is 5.57. The summed E-state index contributed by atoms with van der Waals surface area (Å²) >= 11 is 1.64. The molecule has 0 amide bonds. The van der Waals surface area contributed by atoms with Crippen LogP contribution in [0.25, 0.3) is 11.3 Å². The molecule has 6 nitrogen and oxygen atoms in total. The highest BCUT2D eigenvalue weighted by atomic mass is 127. The fourth-order valence-electron chi connectivity index (χ4n) is 2.39. The van der Waals surface area contributed by atoms with Crippen molar-refractivity contribution in [1.29, 1.82) is 0 Å². The van der Waals surface area contributed by atoms with Gasteiger partial charge in [0.25, 0.3) is 0 Å². The summed E-state index contributed by atoms with van der Waals surface area (Å²) in [4.78, 5) is 13.6. The minimum absolute atomic E-state index is 0. The van der Waals surface area contributed by atoms with E-state index in [4.69, 9.17) is 4.42 Å². The van der Waals surface area contributed by atoms with E-state index in [1.54, 1.807) is 11.3 Å². The molecule has 0 saturated heterocycles. The van der Waals surface area contributed by atoms with Crippen LogP contribution in [0.15, 0.2) is 45.1 Å². The van der Waals surface area contributed by atoms with Crippen molar-refractivity contribution in [2.45, 2.75) is 33.9 Å². The molecule has 8 heteroatoms. The number of aromatic nitrogens is 2. The van der Waals surface area contributed by atoms with Gasteiger partial charge in [-0.15, -0.1) is 35.3 Å². The monoisotopic (exact) mass is 497 g/mol. The third kappa shape index (κ3) is 6.03. The predicted octanol–water partition coefficient (Wildman–Crippen LogP) is 4.29. The predicted molar refractivity (Wildman–Crippen MR) is 121 cm³/mol. The fraction of sp³-hybridized carbons (Fsp3) is 0.316. The number of thiazole rings is 1. The zero-order valence-electron chi connectivity index (χ0n) is 15.7. The number of nitrogens with zero attached hydrogens (tertiary/aromatic N) is 3. The maximum Gasteiger partial charge on any atom is 0.216 e. The number of guanidine groups is 1. The van der Waals surface area contributed by atoms with Crippen LogP contribution in [0.5, 0.6) is 0 Å². The van der Waals surface area contributed by atoms with Gasteiger partial charge in [-0.05, 0) is 20.8 Å². The van der Waals surface area contributed by atoms with E-state index in [0.29, 0.717) is 19.0 Å². The molecule has 0 aliphatic heterocycles. The quantitative estimate of drug-likeness (QED) is 0.302.